The number of carbonyl (C=O) groups excluding carboxylic acids is 1. The van der Waals surface area contributed by atoms with Crippen molar-refractivity contribution in [3.8, 4) is 0 Å². The standard InChI is InChI=1S/C7H11NO.C3H6O3S.H3N/c1-3-4-5-6(2)7(8)9;1-2-3-7(4,5)6;/h3,5H,1,4H2,2H3,(H2,8,9);2H,1,3H2,(H,4,5,6);1H3. The predicted octanol–water partition coefficient (Wildman–Crippen LogP) is 1.22. The van der Waals surface area contributed by atoms with E-state index in [2.05, 4.69) is 13.2 Å². The quantitative estimate of drug-likeness (QED) is 0.390. The Morgan fingerprint density at radius 1 is 1.35 bits per heavy atom. The van der Waals surface area contributed by atoms with E-state index >= 15 is 0 Å². The van der Waals surface area contributed by atoms with Crippen LogP contribution in [0.3, 0.4) is 0 Å². The second-order valence-electron chi connectivity index (χ2n) is 2.81. The first-order valence-corrected chi connectivity index (χ1v) is 5.99. The van der Waals surface area contributed by atoms with Crippen molar-refractivity contribution in [1.82, 2.24) is 6.15 Å². The summed E-state index contributed by atoms with van der Waals surface area (Å²) in [5.74, 6) is -0.732. The van der Waals surface area contributed by atoms with Gasteiger partial charge in [0.25, 0.3) is 10.1 Å². The van der Waals surface area contributed by atoms with Gasteiger partial charge in [-0.15, -0.1) is 13.2 Å². The van der Waals surface area contributed by atoms with Crippen LogP contribution in [0.5, 0.6) is 0 Å². The van der Waals surface area contributed by atoms with E-state index in [1.165, 1.54) is 0 Å². The van der Waals surface area contributed by atoms with Crippen LogP contribution in [-0.4, -0.2) is 24.6 Å². The number of hydrogen-bond donors (Lipinski definition) is 3. The molecule has 0 aromatic heterocycles. The van der Waals surface area contributed by atoms with E-state index in [1.54, 1.807) is 19.1 Å². The summed E-state index contributed by atoms with van der Waals surface area (Å²) in [5, 5.41) is 0. The largest absolute Gasteiger partial charge is 0.366 e. The first kappa shape index (κ1) is 20.9. The van der Waals surface area contributed by atoms with Gasteiger partial charge in [-0.3, -0.25) is 9.35 Å². The zero-order valence-corrected chi connectivity index (χ0v) is 10.7. The van der Waals surface area contributed by atoms with Crippen LogP contribution in [0.1, 0.15) is 13.3 Å². The molecule has 0 spiro atoms. The van der Waals surface area contributed by atoms with Gasteiger partial charge in [0.2, 0.25) is 5.91 Å². The smallest absolute Gasteiger partial charge is 0.268 e. The predicted molar refractivity (Wildman–Crippen MR) is 69.4 cm³/mol. The average molecular weight is 264 g/mol. The molecule has 0 aromatic rings. The Bertz CT molecular complexity index is 372. The van der Waals surface area contributed by atoms with E-state index in [-0.39, 0.29) is 17.8 Å². The van der Waals surface area contributed by atoms with Gasteiger partial charge in [-0.05, 0) is 13.3 Å². The maximum Gasteiger partial charge on any atom is 0.268 e. The fourth-order valence-corrected chi connectivity index (χ4v) is 0.807. The molecule has 6 N–H and O–H groups in total. The maximum atomic E-state index is 10.3. The summed E-state index contributed by atoms with van der Waals surface area (Å²) in [6, 6.07) is 0. The van der Waals surface area contributed by atoms with Gasteiger partial charge in [-0.25, -0.2) is 0 Å². The number of nitrogens with two attached hydrogens (primary N) is 1. The Morgan fingerprint density at radius 3 is 2.00 bits per heavy atom. The molecule has 0 radical (unpaired) electrons. The highest BCUT2D eigenvalue weighted by Crippen LogP contribution is 1.92. The molecule has 0 unspecified atom stereocenters. The molecule has 0 aliphatic carbocycles. The molecule has 0 fully saturated rings. The van der Waals surface area contributed by atoms with Crippen LogP contribution in [0.4, 0.5) is 0 Å². The highest BCUT2D eigenvalue weighted by atomic mass is 32.2. The molecular weight excluding hydrogens is 244 g/mol. The van der Waals surface area contributed by atoms with Crippen molar-refractivity contribution in [3.05, 3.63) is 37.0 Å². The molecule has 0 aromatic carbocycles. The maximum absolute atomic E-state index is 10.3. The van der Waals surface area contributed by atoms with Crippen LogP contribution < -0.4 is 11.9 Å². The van der Waals surface area contributed by atoms with Crippen molar-refractivity contribution < 1.29 is 17.8 Å². The van der Waals surface area contributed by atoms with Gasteiger partial charge in [-0.2, -0.15) is 8.42 Å². The summed E-state index contributed by atoms with van der Waals surface area (Å²) in [4.78, 5) is 10.3. The fourth-order valence-electron chi connectivity index (χ4n) is 0.510. The minimum atomic E-state index is -3.79. The summed E-state index contributed by atoms with van der Waals surface area (Å²) in [6.45, 7) is 8.29. The van der Waals surface area contributed by atoms with Gasteiger partial charge in [0, 0.05) is 5.57 Å². The summed E-state index contributed by atoms with van der Waals surface area (Å²) in [5.41, 5.74) is 5.53. The van der Waals surface area contributed by atoms with Gasteiger partial charge >= 0.3 is 0 Å². The average Bonchev–Trinajstić information content (AvgIpc) is 2.13. The van der Waals surface area contributed by atoms with Crippen molar-refractivity contribution in [1.29, 1.82) is 0 Å². The number of amides is 1. The lowest BCUT2D eigenvalue weighted by atomic mass is 10.2. The summed E-state index contributed by atoms with van der Waals surface area (Å²) in [6.07, 6.45) is 5.28. The molecular formula is C10H20N2O4S. The third-order valence-electron chi connectivity index (χ3n) is 1.31. The van der Waals surface area contributed by atoms with Gasteiger partial charge < -0.3 is 11.9 Å². The van der Waals surface area contributed by atoms with Gasteiger partial charge in [-0.1, -0.05) is 18.2 Å². The lowest BCUT2D eigenvalue weighted by Gasteiger charge is -1.89. The van der Waals surface area contributed by atoms with E-state index < -0.39 is 10.1 Å². The molecule has 0 rings (SSSR count). The SMILES string of the molecule is C=CCC=C(C)C(N)=O.C=CCS(=O)(=O)O.N. The van der Waals surface area contributed by atoms with E-state index in [1.807, 2.05) is 0 Å². The van der Waals surface area contributed by atoms with E-state index in [0.717, 1.165) is 6.08 Å². The lowest BCUT2D eigenvalue weighted by Crippen LogP contribution is -2.11. The topological polar surface area (TPSA) is 132 Å². The molecule has 17 heavy (non-hydrogen) atoms. The number of hydrogen-bond acceptors (Lipinski definition) is 4. The van der Waals surface area contributed by atoms with Crippen LogP contribution in [0.2, 0.25) is 0 Å². The number of primary amides is 1. The van der Waals surface area contributed by atoms with Crippen molar-refractivity contribution in [3.63, 3.8) is 0 Å². The van der Waals surface area contributed by atoms with Crippen LogP contribution >= 0.6 is 0 Å². The first-order chi connectivity index (χ1) is 7.24. The number of rotatable bonds is 5. The van der Waals surface area contributed by atoms with Gasteiger partial charge in [0.15, 0.2) is 0 Å². The molecule has 0 saturated carbocycles. The summed E-state index contributed by atoms with van der Waals surface area (Å²) in [7, 11) is -3.79. The van der Waals surface area contributed by atoms with E-state index in [0.29, 0.717) is 12.0 Å². The fraction of sp³-hybridized carbons (Fsp3) is 0.300. The van der Waals surface area contributed by atoms with Crippen molar-refractivity contribution in [2.75, 3.05) is 5.75 Å². The first-order valence-electron chi connectivity index (χ1n) is 4.38. The van der Waals surface area contributed by atoms with Crippen molar-refractivity contribution >= 4 is 16.0 Å². The Labute approximate surface area is 102 Å². The highest BCUT2D eigenvalue weighted by molar-refractivity contribution is 7.85. The summed E-state index contributed by atoms with van der Waals surface area (Å²) < 4.78 is 27.3. The number of carbonyl (C=O) groups is 1. The van der Waals surface area contributed by atoms with Crippen molar-refractivity contribution in [2.24, 2.45) is 5.73 Å². The van der Waals surface area contributed by atoms with Crippen LogP contribution in [0, 0.1) is 0 Å². The summed E-state index contributed by atoms with van der Waals surface area (Å²) >= 11 is 0. The molecule has 1 amide bonds. The molecule has 6 nitrogen and oxygen atoms in total. The molecule has 0 aliphatic rings. The molecule has 0 saturated heterocycles. The normalized spacial score (nSPS) is 10.4. The van der Waals surface area contributed by atoms with E-state index in [4.69, 9.17) is 10.3 Å². The number of allylic oxidation sites excluding steroid dienone is 2. The Kier molecular flexibility index (Phi) is 13.6. The third-order valence-corrected chi connectivity index (χ3v) is 1.96. The Balaban J connectivity index is -0.000000224. The lowest BCUT2D eigenvalue weighted by molar-refractivity contribution is -0.114. The Morgan fingerprint density at radius 2 is 1.82 bits per heavy atom. The van der Waals surface area contributed by atoms with Crippen molar-refractivity contribution in [2.45, 2.75) is 13.3 Å². The highest BCUT2D eigenvalue weighted by Gasteiger charge is 1.95. The second-order valence-corrected chi connectivity index (χ2v) is 4.31. The molecule has 0 aliphatic heterocycles. The van der Waals surface area contributed by atoms with Crippen LogP contribution in [-0.2, 0) is 14.9 Å². The Hall–Kier alpha value is -1.44. The third kappa shape index (κ3) is 20.6. The molecule has 0 bridgehead atoms. The second kappa shape index (κ2) is 11.1. The molecule has 0 heterocycles. The van der Waals surface area contributed by atoms with Gasteiger partial charge in [0.1, 0.15) is 0 Å². The van der Waals surface area contributed by atoms with E-state index in [9.17, 15) is 13.2 Å². The van der Waals surface area contributed by atoms with Gasteiger partial charge in [0.05, 0.1) is 5.75 Å². The molecule has 100 valence electrons. The molecule has 7 heteroatoms. The minimum absolute atomic E-state index is 0. The van der Waals surface area contributed by atoms with Crippen LogP contribution in [0.25, 0.3) is 0 Å². The zero-order chi connectivity index (χ0) is 13.2. The zero-order valence-electron chi connectivity index (χ0n) is 9.93. The molecule has 0 atom stereocenters. The van der Waals surface area contributed by atoms with Crippen LogP contribution in [0.15, 0.2) is 37.0 Å². The minimum Gasteiger partial charge on any atom is -0.366 e. The monoisotopic (exact) mass is 264 g/mol.